The average molecular weight is 376 g/mol. The summed E-state index contributed by atoms with van der Waals surface area (Å²) in [4.78, 5) is 0. The summed E-state index contributed by atoms with van der Waals surface area (Å²) in [6, 6.07) is 0. The molecule has 0 heterocycles. The van der Waals surface area contributed by atoms with Crippen LogP contribution in [0.15, 0.2) is 35.5 Å². The molecule has 0 saturated heterocycles. The van der Waals surface area contributed by atoms with Crippen LogP contribution >= 0.6 is 17.0 Å². The number of allylic oxidation sites excluding steroid dienone is 8. The summed E-state index contributed by atoms with van der Waals surface area (Å²) >= 11 is -0.826. The van der Waals surface area contributed by atoms with Crippen LogP contribution < -0.4 is 0 Å². The normalized spacial score (nSPS) is 14.7. The maximum atomic E-state index is 4.93. The molecule has 0 aromatic rings. The zero-order chi connectivity index (χ0) is 14.3. The first-order valence-corrected chi connectivity index (χ1v) is 13.1. The van der Waals surface area contributed by atoms with E-state index in [4.69, 9.17) is 17.0 Å². The van der Waals surface area contributed by atoms with E-state index in [1.807, 2.05) is 0 Å². The summed E-state index contributed by atoms with van der Waals surface area (Å²) in [5, 5.41) is 0. The van der Waals surface area contributed by atoms with Gasteiger partial charge in [-0.05, 0) is 0 Å². The summed E-state index contributed by atoms with van der Waals surface area (Å²) in [6.07, 6.45) is 22.2. The summed E-state index contributed by atoms with van der Waals surface area (Å²) in [5.74, 6) is 0. The van der Waals surface area contributed by atoms with Crippen LogP contribution in [0.25, 0.3) is 0 Å². The zero-order valence-electron chi connectivity index (χ0n) is 11.8. The third kappa shape index (κ3) is 11.9. The van der Waals surface area contributed by atoms with Gasteiger partial charge < -0.3 is 0 Å². The Hall–Kier alpha value is 0.423. The van der Waals surface area contributed by atoms with Gasteiger partial charge in [-0.3, -0.25) is 12.2 Å². The Morgan fingerprint density at radius 2 is 1.32 bits per heavy atom. The van der Waals surface area contributed by atoms with Crippen molar-refractivity contribution >= 4 is 17.0 Å². The topological polar surface area (TPSA) is 0 Å². The Bertz CT molecular complexity index is 296. The van der Waals surface area contributed by atoms with Crippen LogP contribution in [0.2, 0.25) is 0 Å². The molecule has 0 fully saturated rings. The molecule has 0 aromatic heterocycles. The molecular formula is C16H22Cl2Zr. The van der Waals surface area contributed by atoms with E-state index in [0.29, 0.717) is 0 Å². The second kappa shape index (κ2) is 14.8. The Kier molecular flexibility index (Phi) is 15.2. The molecule has 104 valence electrons. The van der Waals surface area contributed by atoms with Gasteiger partial charge in [0.25, 0.3) is 0 Å². The molecule has 3 heteroatoms. The fraction of sp³-hybridized carbons (Fsp3) is 0.500. The van der Waals surface area contributed by atoms with Gasteiger partial charge in [-0.15, -0.1) is 12.8 Å². The molecule has 0 atom stereocenters. The molecule has 0 unspecified atom stereocenters. The molecule has 0 amide bonds. The average Bonchev–Trinajstić information content (AvgIpc) is 3.05. The predicted molar refractivity (Wildman–Crippen MR) is 82.5 cm³/mol. The predicted octanol–water partition coefficient (Wildman–Crippen LogP) is 6.33. The molecule has 0 nitrogen and oxygen atoms in total. The van der Waals surface area contributed by atoms with Crippen LogP contribution in [0.4, 0.5) is 0 Å². The number of halogens is 2. The summed E-state index contributed by atoms with van der Waals surface area (Å²) < 4.78 is 0. The van der Waals surface area contributed by atoms with Crippen molar-refractivity contribution in [3.63, 3.8) is 0 Å². The monoisotopic (exact) mass is 374 g/mol. The fourth-order valence-electron chi connectivity index (χ4n) is 1.78. The minimum absolute atomic E-state index is 0.826. The standard InChI is InChI=1S/2C8H11.2ClH.Zr/c2*1-2-5-8-6-3-4-7-8;;;/h2*3,6H,2,4-5H2,1H3;2*1H;/q2*-1;;;+4/p-2. The van der Waals surface area contributed by atoms with Gasteiger partial charge in [0, 0.05) is 0 Å². The zero-order valence-corrected chi connectivity index (χ0v) is 15.8. The molecule has 2 aliphatic rings. The van der Waals surface area contributed by atoms with Crippen molar-refractivity contribution in [2.75, 3.05) is 0 Å². The van der Waals surface area contributed by atoms with E-state index in [1.165, 1.54) is 36.8 Å². The van der Waals surface area contributed by atoms with Gasteiger partial charge in [0.1, 0.15) is 0 Å². The van der Waals surface area contributed by atoms with Gasteiger partial charge in [0.2, 0.25) is 0 Å². The van der Waals surface area contributed by atoms with Gasteiger partial charge in [-0.25, -0.2) is 23.3 Å². The molecular weight excluding hydrogens is 354 g/mol. The van der Waals surface area contributed by atoms with Crippen molar-refractivity contribution in [2.24, 2.45) is 0 Å². The molecule has 19 heavy (non-hydrogen) atoms. The second-order valence-electron chi connectivity index (χ2n) is 4.19. The van der Waals surface area contributed by atoms with E-state index >= 15 is 0 Å². The molecule has 0 spiro atoms. The van der Waals surface area contributed by atoms with Gasteiger partial charge >= 0.3 is 37.9 Å². The Morgan fingerprint density at radius 3 is 1.53 bits per heavy atom. The fourth-order valence-corrected chi connectivity index (χ4v) is 1.78. The number of rotatable bonds is 4. The van der Waals surface area contributed by atoms with Crippen molar-refractivity contribution in [3.8, 4) is 0 Å². The van der Waals surface area contributed by atoms with Crippen LogP contribution in [0, 0.1) is 12.2 Å². The SMILES string of the molecule is CCCC1=[C-]CC=C1.CCCC1=[C-]CC=C1.[Cl][Zr+2][Cl]. The van der Waals surface area contributed by atoms with E-state index in [-0.39, 0.29) is 0 Å². The summed E-state index contributed by atoms with van der Waals surface area (Å²) in [6.45, 7) is 4.39. The molecule has 0 aliphatic heterocycles. The minimum atomic E-state index is -0.826. The van der Waals surface area contributed by atoms with E-state index in [1.54, 1.807) is 0 Å². The Balaban J connectivity index is 0.000000284. The van der Waals surface area contributed by atoms with Crippen molar-refractivity contribution in [1.29, 1.82) is 0 Å². The van der Waals surface area contributed by atoms with E-state index in [0.717, 1.165) is 12.8 Å². The van der Waals surface area contributed by atoms with Gasteiger partial charge in [0.05, 0.1) is 0 Å². The van der Waals surface area contributed by atoms with Crippen LogP contribution in [0.1, 0.15) is 52.4 Å². The van der Waals surface area contributed by atoms with E-state index in [9.17, 15) is 0 Å². The van der Waals surface area contributed by atoms with Crippen molar-refractivity contribution < 1.29 is 20.8 Å². The molecule has 2 aliphatic carbocycles. The van der Waals surface area contributed by atoms with Crippen molar-refractivity contribution in [1.82, 2.24) is 0 Å². The van der Waals surface area contributed by atoms with Crippen LogP contribution in [0.5, 0.6) is 0 Å². The molecule has 2 rings (SSSR count). The van der Waals surface area contributed by atoms with Gasteiger partial charge in [-0.1, -0.05) is 39.5 Å². The first-order chi connectivity index (χ1) is 9.28. The third-order valence-electron chi connectivity index (χ3n) is 2.57. The summed E-state index contributed by atoms with van der Waals surface area (Å²) in [7, 11) is 9.87. The third-order valence-corrected chi connectivity index (χ3v) is 2.57. The van der Waals surface area contributed by atoms with Crippen LogP contribution in [-0.2, 0) is 20.8 Å². The number of hydrogen-bond acceptors (Lipinski definition) is 0. The maximum absolute atomic E-state index is 4.93. The van der Waals surface area contributed by atoms with Crippen LogP contribution in [0.3, 0.4) is 0 Å². The van der Waals surface area contributed by atoms with Crippen molar-refractivity contribution in [2.45, 2.75) is 52.4 Å². The summed E-state index contributed by atoms with van der Waals surface area (Å²) in [5.41, 5.74) is 2.79. The molecule has 0 radical (unpaired) electrons. The Morgan fingerprint density at radius 1 is 0.947 bits per heavy atom. The van der Waals surface area contributed by atoms with Gasteiger partial charge in [0.15, 0.2) is 0 Å². The molecule has 0 aromatic carbocycles. The molecule has 0 N–H and O–H groups in total. The van der Waals surface area contributed by atoms with Gasteiger partial charge in [-0.2, -0.15) is 12.2 Å². The van der Waals surface area contributed by atoms with E-state index in [2.05, 4.69) is 50.3 Å². The second-order valence-corrected chi connectivity index (χ2v) is 7.92. The first kappa shape index (κ1) is 19.4. The van der Waals surface area contributed by atoms with Crippen LogP contribution in [-0.4, -0.2) is 0 Å². The molecule has 0 saturated carbocycles. The Labute approximate surface area is 137 Å². The number of hydrogen-bond donors (Lipinski definition) is 0. The van der Waals surface area contributed by atoms with E-state index < -0.39 is 20.8 Å². The van der Waals surface area contributed by atoms with Crippen molar-refractivity contribution in [3.05, 3.63) is 47.6 Å². The molecule has 0 bridgehead atoms. The first-order valence-electron chi connectivity index (χ1n) is 6.77. The quantitative estimate of drug-likeness (QED) is 0.503.